The van der Waals surface area contributed by atoms with Crippen molar-refractivity contribution in [3.8, 4) is 0 Å². The van der Waals surface area contributed by atoms with Gasteiger partial charge >= 0.3 is 0 Å². The largest absolute Gasteiger partial charge is 0.356 e. The molecule has 0 radical (unpaired) electrons. The number of unbranched alkanes of at least 4 members (excludes halogenated alkanes) is 2. The molecule has 0 bridgehead atoms. The van der Waals surface area contributed by atoms with Crippen LogP contribution in [0.2, 0.25) is 0 Å². The van der Waals surface area contributed by atoms with Gasteiger partial charge in [-0.15, -0.1) is 0 Å². The molecular formula is C35H45N4O+. The number of allylic oxidation sites excluding steroid dienone is 1. The van der Waals surface area contributed by atoms with E-state index >= 15 is 0 Å². The van der Waals surface area contributed by atoms with Gasteiger partial charge in [-0.3, -0.25) is 4.79 Å². The van der Waals surface area contributed by atoms with Gasteiger partial charge in [-0.1, -0.05) is 35.9 Å². The number of amides is 1. The molecule has 1 amide bonds. The minimum atomic E-state index is -0.158. The summed E-state index contributed by atoms with van der Waals surface area (Å²) in [4.78, 5) is 12.0. The van der Waals surface area contributed by atoms with E-state index in [-0.39, 0.29) is 11.3 Å². The average molecular weight is 538 g/mol. The molecule has 3 aromatic rings. The lowest BCUT2D eigenvalue weighted by molar-refractivity contribution is -0.438. The topological polar surface area (TPSA) is 70.2 Å². The maximum atomic E-state index is 12.0. The molecule has 4 N–H and O–H groups in total. The van der Waals surface area contributed by atoms with Crippen molar-refractivity contribution < 1.29 is 9.37 Å². The first-order chi connectivity index (χ1) is 19.2. The highest BCUT2D eigenvalue weighted by molar-refractivity contribution is 6.05. The number of anilines is 2. The van der Waals surface area contributed by atoms with E-state index in [0.717, 1.165) is 37.2 Å². The van der Waals surface area contributed by atoms with Crippen molar-refractivity contribution in [1.82, 2.24) is 5.32 Å². The summed E-state index contributed by atoms with van der Waals surface area (Å²) in [7, 11) is 0. The number of hydrogen-bond acceptors (Lipinski definition) is 3. The molecule has 4 rings (SSSR count). The van der Waals surface area contributed by atoms with Crippen molar-refractivity contribution in [1.29, 1.82) is 0 Å². The zero-order chi connectivity index (χ0) is 28.7. The highest BCUT2D eigenvalue weighted by Crippen LogP contribution is 2.42. The third kappa shape index (κ3) is 6.89. The van der Waals surface area contributed by atoms with E-state index in [0.29, 0.717) is 19.5 Å². The maximum absolute atomic E-state index is 12.0. The number of benzene rings is 3. The number of aryl methyl sites for hydroxylation is 3. The lowest BCUT2D eigenvalue weighted by Gasteiger charge is -2.17. The fraction of sp³-hybridized carbons (Fsp3) is 0.371. The zero-order valence-corrected chi connectivity index (χ0v) is 24.8. The zero-order valence-electron chi connectivity index (χ0n) is 24.8. The third-order valence-corrected chi connectivity index (χ3v) is 7.85. The van der Waals surface area contributed by atoms with Crippen molar-refractivity contribution in [3.05, 3.63) is 94.6 Å². The monoisotopic (exact) mass is 537 g/mol. The van der Waals surface area contributed by atoms with Crippen LogP contribution in [0.5, 0.6) is 0 Å². The van der Waals surface area contributed by atoms with Crippen molar-refractivity contribution >= 4 is 34.8 Å². The number of rotatable bonds is 12. The summed E-state index contributed by atoms with van der Waals surface area (Å²) >= 11 is 0. The Morgan fingerprint density at radius 3 is 2.33 bits per heavy atom. The van der Waals surface area contributed by atoms with Crippen LogP contribution in [0.15, 0.2) is 66.7 Å². The summed E-state index contributed by atoms with van der Waals surface area (Å²) in [5.41, 5.74) is 16.6. The molecule has 5 heteroatoms. The van der Waals surface area contributed by atoms with Gasteiger partial charge in [0.15, 0.2) is 5.71 Å². The van der Waals surface area contributed by atoms with Crippen LogP contribution in [0.25, 0.3) is 6.08 Å². The van der Waals surface area contributed by atoms with Crippen LogP contribution in [0.3, 0.4) is 0 Å². The van der Waals surface area contributed by atoms with Crippen molar-refractivity contribution in [3.63, 3.8) is 0 Å². The van der Waals surface area contributed by atoms with Crippen LogP contribution >= 0.6 is 0 Å². The van der Waals surface area contributed by atoms with E-state index < -0.39 is 0 Å². The Morgan fingerprint density at radius 2 is 1.62 bits per heavy atom. The predicted molar refractivity (Wildman–Crippen MR) is 169 cm³/mol. The standard InChI is InChI=1S/C35H44N4O/c1-25-22-26(2)30(27(3)23-25)16-18-33-35(4,5)31-24-29(38-28-12-8-6-9-13-28)15-17-32(31)39(33)21-11-7-10-14-34(40)37-20-19-36/h6,8-9,12-13,15-18,22-24,38H,7,10-11,14,19-21,36H2,1-5H3/p+1/b18-16+. The van der Waals surface area contributed by atoms with E-state index in [1.54, 1.807) is 0 Å². The molecule has 0 atom stereocenters. The molecule has 0 aromatic heterocycles. The number of nitrogens with two attached hydrogens (primary N) is 1. The fourth-order valence-electron chi connectivity index (χ4n) is 5.83. The molecule has 0 saturated heterocycles. The normalized spacial score (nSPS) is 14.1. The molecule has 5 nitrogen and oxygen atoms in total. The Labute approximate surface area is 240 Å². The molecule has 0 saturated carbocycles. The second kappa shape index (κ2) is 13.1. The Balaban J connectivity index is 1.61. The van der Waals surface area contributed by atoms with E-state index in [4.69, 9.17) is 5.73 Å². The van der Waals surface area contributed by atoms with E-state index in [9.17, 15) is 4.79 Å². The number of carbonyl (C=O) groups excluding carboxylic acids is 1. The highest BCUT2D eigenvalue weighted by Gasteiger charge is 2.44. The first kappa shape index (κ1) is 29.3. The molecule has 0 spiro atoms. The number of nitrogens with one attached hydrogen (secondary N) is 2. The second-order valence-electron chi connectivity index (χ2n) is 11.5. The summed E-state index contributed by atoms with van der Waals surface area (Å²) in [5, 5.41) is 6.44. The Hall–Kier alpha value is -3.70. The quantitative estimate of drug-likeness (QED) is 0.171. The minimum absolute atomic E-state index is 0.0931. The Morgan fingerprint density at radius 1 is 0.900 bits per heavy atom. The average Bonchev–Trinajstić information content (AvgIpc) is 3.12. The Bertz CT molecular complexity index is 1380. The first-order valence-corrected chi connectivity index (χ1v) is 14.5. The maximum Gasteiger partial charge on any atom is 0.220 e. The second-order valence-corrected chi connectivity index (χ2v) is 11.5. The lowest BCUT2D eigenvalue weighted by atomic mass is 9.81. The van der Waals surface area contributed by atoms with E-state index in [2.05, 4.69) is 117 Å². The van der Waals surface area contributed by atoms with Gasteiger partial charge in [0.25, 0.3) is 0 Å². The van der Waals surface area contributed by atoms with Gasteiger partial charge in [-0.05, 0) is 94.5 Å². The summed E-state index contributed by atoms with van der Waals surface area (Å²) in [6.45, 7) is 13.1. The van der Waals surface area contributed by atoms with Crippen molar-refractivity contribution in [2.45, 2.75) is 65.7 Å². The van der Waals surface area contributed by atoms with Gasteiger partial charge in [-0.25, -0.2) is 0 Å². The Kier molecular flexibility index (Phi) is 9.59. The van der Waals surface area contributed by atoms with Crippen molar-refractivity contribution in [2.24, 2.45) is 5.73 Å². The summed E-state index contributed by atoms with van der Waals surface area (Å²) in [6.07, 6.45) is 8.08. The first-order valence-electron chi connectivity index (χ1n) is 14.5. The van der Waals surface area contributed by atoms with Gasteiger partial charge in [0.05, 0.1) is 5.41 Å². The van der Waals surface area contributed by atoms with Crippen LogP contribution in [-0.2, 0) is 10.2 Å². The van der Waals surface area contributed by atoms with Crippen LogP contribution in [-0.4, -0.2) is 35.8 Å². The fourth-order valence-corrected chi connectivity index (χ4v) is 5.83. The molecule has 40 heavy (non-hydrogen) atoms. The van der Waals surface area contributed by atoms with Crippen LogP contribution in [0, 0.1) is 20.8 Å². The number of carbonyl (C=O) groups is 1. The molecule has 1 aliphatic heterocycles. The molecule has 3 aromatic carbocycles. The molecule has 0 aliphatic carbocycles. The minimum Gasteiger partial charge on any atom is -0.356 e. The molecule has 1 heterocycles. The summed E-state index contributed by atoms with van der Waals surface area (Å²) in [6, 6.07) is 21.6. The smallest absolute Gasteiger partial charge is 0.220 e. The van der Waals surface area contributed by atoms with Gasteiger partial charge in [0.2, 0.25) is 11.6 Å². The number of para-hydroxylation sites is 1. The van der Waals surface area contributed by atoms with Crippen LogP contribution in [0.4, 0.5) is 17.1 Å². The number of nitrogens with zero attached hydrogens (tertiary/aromatic N) is 1. The van der Waals surface area contributed by atoms with Gasteiger partial charge < -0.3 is 16.4 Å². The summed E-state index contributed by atoms with van der Waals surface area (Å²) in [5.74, 6) is 0.0931. The van der Waals surface area contributed by atoms with E-state index in [1.807, 2.05) is 6.07 Å². The molecule has 210 valence electrons. The van der Waals surface area contributed by atoms with Gasteiger partial charge in [0, 0.05) is 55.0 Å². The van der Waals surface area contributed by atoms with Gasteiger partial charge in [0.1, 0.15) is 6.54 Å². The molecule has 0 unspecified atom stereocenters. The van der Waals surface area contributed by atoms with Crippen molar-refractivity contribution in [2.75, 3.05) is 25.0 Å². The van der Waals surface area contributed by atoms with Gasteiger partial charge in [-0.2, -0.15) is 4.58 Å². The van der Waals surface area contributed by atoms with Crippen LogP contribution < -0.4 is 16.4 Å². The summed E-state index contributed by atoms with van der Waals surface area (Å²) < 4.78 is 2.49. The molecule has 0 fully saturated rings. The number of fused-ring (bicyclic) bond motifs is 1. The third-order valence-electron chi connectivity index (χ3n) is 7.85. The predicted octanol–water partition coefficient (Wildman–Crippen LogP) is 7.08. The van der Waals surface area contributed by atoms with Crippen LogP contribution in [0.1, 0.15) is 67.3 Å². The lowest BCUT2D eigenvalue weighted by Crippen LogP contribution is -2.28. The molecular weight excluding hydrogens is 492 g/mol. The van der Waals surface area contributed by atoms with E-state index in [1.165, 1.54) is 39.2 Å². The molecule has 1 aliphatic rings. The number of hydrogen-bond donors (Lipinski definition) is 3. The highest BCUT2D eigenvalue weighted by atomic mass is 16.1. The SMILES string of the molecule is Cc1cc(C)c(/C=C/C2=[N+](CCCCCC(=O)NCCN)c3ccc(Nc4ccccc4)cc3C2(C)C)c(C)c1.